The van der Waals surface area contributed by atoms with Gasteiger partial charge in [0.15, 0.2) is 5.82 Å². The van der Waals surface area contributed by atoms with Gasteiger partial charge in [0, 0.05) is 26.2 Å². The van der Waals surface area contributed by atoms with Crippen molar-refractivity contribution >= 4 is 33.2 Å². The summed E-state index contributed by atoms with van der Waals surface area (Å²) >= 11 is 5.21. The fraction of sp³-hybridized carbons (Fsp3) is 0.455. The molecular weight excluding hydrogens is 314 g/mol. The topological polar surface area (TPSA) is 56.8 Å². The number of halogens is 1. The van der Waals surface area contributed by atoms with E-state index in [1.165, 1.54) is 5.56 Å². The van der Waals surface area contributed by atoms with E-state index in [0.717, 1.165) is 46.6 Å². The Morgan fingerprint density at radius 1 is 1.39 bits per heavy atom. The Balaban J connectivity index is 1.84. The van der Waals surface area contributed by atoms with Crippen LogP contribution in [0.3, 0.4) is 0 Å². The lowest BCUT2D eigenvalue weighted by molar-refractivity contribution is 0.580. The summed E-state index contributed by atoms with van der Waals surface area (Å²) in [6.07, 6.45) is 0. The van der Waals surface area contributed by atoms with Crippen molar-refractivity contribution in [3.8, 4) is 10.7 Å². The van der Waals surface area contributed by atoms with Crippen molar-refractivity contribution in [3.63, 3.8) is 0 Å². The van der Waals surface area contributed by atoms with Gasteiger partial charge in [0.05, 0.1) is 8.66 Å². The van der Waals surface area contributed by atoms with Crippen LogP contribution in [-0.2, 0) is 0 Å². The highest BCUT2D eigenvalue weighted by Crippen LogP contribution is 2.33. The highest BCUT2D eigenvalue weighted by atomic mass is 79.9. The number of H-pyrrole nitrogens is 1. The van der Waals surface area contributed by atoms with E-state index in [1.807, 2.05) is 0 Å². The van der Waals surface area contributed by atoms with Crippen LogP contribution in [0.25, 0.3) is 10.7 Å². The van der Waals surface area contributed by atoms with Crippen molar-refractivity contribution in [1.29, 1.82) is 0 Å². The highest BCUT2D eigenvalue weighted by molar-refractivity contribution is 9.11. The van der Waals surface area contributed by atoms with Crippen LogP contribution >= 0.6 is 27.3 Å². The summed E-state index contributed by atoms with van der Waals surface area (Å²) in [7, 11) is 0. The second-order valence-electron chi connectivity index (χ2n) is 4.29. The maximum Gasteiger partial charge on any atom is 0.245 e. The second-order valence-corrected chi connectivity index (χ2v) is 6.66. The van der Waals surface area contributed by atoms with Crippen LogP contribution in [0, 0.1) is 6.92 Å². The molecule has 3 rings (SSSR count). The zero-order valence-electron chi connectivity index (χ0n) is 10.0. The summed E-state index contributed by atoms with van der Waals surface area (Å²) in [5.74, 6) is 1.65. The number of nitrogens with zero attached hydrogens (tertiary/aromatic N) is 3. The van der Waals surface area contributed by atoms with Gasteiger partial charge in [0.2, 0.25) is 5.95 Å². The molecule has 0 spiro atoms. The summed E-state index contributed by atoms with van der Waals surface area (Å²) in [6, 6.07) is 2.12. The quantitative estimate of drug-likeness (QED) is 0.886. The first-order chi connectivity index (χ1) is 8.74. The molecule has 1 aliphatic rings. The number of anilines is 1. The van der Waals surface area contributed by atoms with Gasteiger partial charge in [-0.05, 0) is 34.5 Å². The van der Waals surface area contributed by atoms with E-state index < -0.39 is 0 Å². The molecule has 0 amide bonds. The monoisotopic (exact) mass is 327 g/mol. The van der Waals surface area contributed by atoms with Crippen molar-refractivity contribution < 1.29 is 0 Å². The zero-order valence-corrected chi connectivity index (χ0v) is 12.4. The largest absolute Gasteiger partial charge is 0.337 e. The number of thiophene rings is 1. The minimum Gasteiger partial charge on any atom is -0.337 e. The molecule has 3 heterocycles. The van der Waals surface area contributed by atoms with E-state index in [4.69, 9.17) is 0 Å². The molecule has 0 atom stereocenters. The smallest absolute Gasteiger partial charge is 0.245 e. The van der Waals surface area contributed by atoms with Crippen LogP contribution in [-0.4, -0.2) is 41.4 Å². The minimum atomic E-state index is 0.800. The summed E-state index contributed by atoms with van der Waals surface area (Å²) in [5.41, 5.74) is 1.23. The van der Waals surface area contributed by atoms with Gasteiger partial charge in [0.25, 0.3) is 0 Å². The number of rotatable bonds is 2. The van der Waals surface area contributed by atoms with Crippen LogP contribution in [0.5, 0.6) is 0 Å². The van der Waals surface area contributed by atoms with Crippen LogP contribution in [0.2, 0.25) is 0 Å². The van der Waals surface area contributed by atoms with Crippen LogP contribution in [0.1, 0.15) is 5.56 Å². The summed E-state index contributed by atoms with van der Waals surface area (Å²) in [4.78, 5) is 7.90. The Bertz CT molecular complexity index is 524. The van der Waals surface area contributed by atoms with E-state index in [2.05, 4.69) is 54.3 Å². The first kappa shape index (κ1) is 12.1. The van der Waals surface area contributed by atoms with E-state index in [9.17, 15) is 0 Å². The fourth-order valence-corrected chi connectivity index (χ4v) is 3.42. The summed E-state index contributed by atoms with van der Waals surface area (Å²) in [6.45, 7) is 5.99. The molecule has 0 bridgehead atoms. The van der Waals surface area contributed by atoms with E-state index in [0.29, 0.717) is 0 Å². The number of hydrogen-bond donors (Lipinski definition) is 2. The summed E-state index contributed by atoms with van der Waals surface area (Å²) in [5, 5.41) is 10.7. The molecule has 0 radical (unpaired) electrons. The molecule has 0 unspecified atom stereocenters. The maximum atomic E-state index is 4.58. The van der Waals surface area contributed by atoms with Gasteiger partial charge in [-0.15, -0.1) is 16.4 Å². The molecule has 5 nitrogen and oxygen atoms in total. The molecule has 1 fully saturated rings. The van der Waals surface area contributed by atoms with Gasteiger partial charge in [-0.25, -0.2) is 0 Å². The lowest BCUT2D eigenvalue weighted by Crippen LogP contribution is -2.44. The Kier molecular flexibility index (Phi) is 3.36. The Morgan fingerprint density at radius 2 is 2.17 bits per heavy atom. The predicted octanol–water partition coefficient (Wildman–Crippen LogP) is 2.01. The molecule has 2 N–H and O–H groups in total. The SMILES string of the molecule is Cc1cc(-c2nc(N3CCNCC3)n[nH]2)sc1Br. The van der Waals surface area contributed by atoms with Gasteiger partial charge in [0.1, 0.15) is 0 Å². The van der Waals surface area contributed by atoms with E-state index in [1.54, 1.807) is 11.3 Å². The van der Waals surface area contributed by atoms with Crippen LogP contribution in [0.4, 0.5) is 5.95 Å². The Labute approximate surface area is 118 Å². The molecule has 1 aliphatic heterocycles. The van der Waals surface area contributed by atoms with Gasteiger partial charge >= 0.3 is 0 Å². The van der Waals surface area contributed by atoms with Crippen molar-refractivity contribution in [3.05, 3.63) is 15.4 Å². The van der Waals surface area contributed by atoms with Crippen molar-refractivity contribution in [2.45, 2.75) is 6.92 Å². The lowest BCUT2D eigenvalue weighted by Gasteiger charge is -2.25. The number of hydrogen-bond acceptors (Lipinski definition) is 5. The third-order valence-electron chi connectivity index (χ3n) is 2.96. The second kappa shape index (κ2) is 4.99. The van der Waals surface area contributed by atoms with Crippen LogP contribution < -0.4 is 10.2 Å². The van der Waals surface area contributed by atoms with Gasteiger partial charge < -0.3 is 10.2 Å². The zero-order chi connectivity index (χ0) is 12.5. The molecule has 0 aliphatic carbocycles. The number of aromatic nitrogens is 3. The molecule has 2 aromatic rings. The number of aryl methyl sites for hydroxylation is 1. The normalized spacial score (nSPS) is 16.2. The molecule has 0 aromatic carbocycles. The third kappa shape index (κ3) is 2.30. The molecule has 1 saturated heterocycles. The van der Waals surface area contributed by atoms with Gasteiger partial charge in [-0.3, -0.25) is 5.10 Å². The number of piperazine rings is 1. The van der Waals surface area contributed by atoms with Crippen LogP contribution in [0.15, 0.2) is 9.85 Å². The first-order valence-electron chi connectivity index (χ1n) is 5.88. The first-order valence-corrected chi connectivity index (χ1v) is 7.49. The number of aromatic amines is 1. The lowest BCUT2D eigenvalue weighted by atomic mass is 10.3. The average Bonchev–Trinajstić information content (AvgIpc) is 2.99. The molecule has 96 valence electrons. The highest BCUT2D eigenvalue weighted by Gasteiger charge is 2.16. The van der Waals surface area contributed by atoms with E-state index >= 15 is 0 Å². The Morgan fingerprint density at radius 3 is 2.83 bits per heavy atom. The standard InChI is InChI=1S/C11H14BrN5S/c1-7-6-8(18-9(7)12)10-14-11(16-15-10)17-4-2-13-3-5-17/h6,13H,2-5H2,1H3,(H,14,15,16). The van der Waals surface area contributed by atoms with Gasteiger partial charge in [-0.2, -0.15) is 4.98 Å². The van der Waals surface area contributed by atoms with Crippen molar-refractivity contribution in [2.24, 2.45) is 0 Å². The molecule has 7 heteroatoms. The average molecular weight is 328 g/mol. The predicted molar refractivity (Wildman–Crippen MR) is 77.2 cm³/mol. The van der Waals surface area contributed by atoms with Gasteiger partial charge in [-0.1, -0.05) is 0 Å². The number of nitrogens with one attached hydrogen (secondary N) is 2. The molecular formula is C11H14BrN5S. The third-order valence-corrected chi connectivity index (χ3v) is 5.11. The van der Waals surface area contributed by atoms with Crippen molar-refractivity contribution in [1.82, 2.24) is 20.5 Å². The molecule has 2 aromatic heterocycles. The molecule has 18 heavy (non-hydrogen) atoms. The Hall–Kier alpha value is -0.920. The maximum absolute atomic E-state index is 4.58. The van der Waals surface area contributed by atoms with E-state index in [-0.39, 0.29) is 0 Å². The van der Waals surface area contributed by atoms with Crippen molar-refractivity contribution in [2.75, 3.05) is 31.1 Å². The minimum absolute atomic E-state index is 0.800. The summed E-state index contributed by atoms with van der Waals surface area (Å²) < 4.78 is 1.15. The fourth-order valence-electron chi connectivity index (χ4n) is 1.95. The molecule has 0 saturated carbocycles.